The number of carbonyl (C=O) groups is 1. The Morgan fingerprint density at radius 3 is 2.76 bits per heavy atom. The molecular formula is C17H16ClN5O2. The predicted molar refractivity (Wildman–Crippen MR) is 95.8 cm³/mol. The van der Waals surface area contributed by atoms with E-state index in [0.717, 1.165) is 0 Å². The second kappa shape index (κ2) is 6.98. The Bertz CT molecular complexity index is 985. The summed E-state index contributed by atoms with van der Waals surface area (Å²) in [7, 11) is 0. The Kier molecular flexibility index (Phi) is 4.76. The molecule has 8 heteroatoms. The van der Waals surface area contributed by atoms with Crippen LogP contribution >= 0.6 is 11.6 Å². The minimum absolute atomic E-state index is 0.0674. The van der Waals surface area contributed by atoms with Crippen LogP contribution in [0.5, 0.6) is 0 Å². The van der Waals surface area contributed by atoms with Crippen LogP contribution in [0, 0.1) is 0 Å². The van der Waals surface area contributed by atoms with Gasteiger partial charge in [-0.15, -0.1) is 0 Å². The zero-order valence-electron chi connectivity index (χ0n) is 13.7. The molecule has 0 saturated heterocycles. The molecule has 3 aromatic rings. The number of anilines is 1. The van der Waals surface area contributed by atoms with Gasteiger partial charge in [0.25, 0.3) is 5.56 Å². The second-order valence-corrected chi connectivity index (χ2v) is 6.27. The van der Waals surface area contributed by atoms with Crippen molar-refractivity contribution < 1.29 is 4.79 Å². The molecule has 0 unspecified atom stereocenters. The molecule has 0 fully saturated rings. The van der Waals surface area contributed by atoms with Crippen LogP contribution in [0.25, 0.3) is 10.8 Å². The van der Waals surface area contributed by atoms with Crippen LogP contribution < -0.4 is 10.9 Å². The van der Waals surface area contributed by atoms with Gasteiger partial charge >= 0.3 is 0 Å². The summed E-state index contributed by atoms with van der Waals surface area (Å²) in [5.74, 6) is 0.0405. The van der Waals surface area contributed by atoms with E-state index >= 15 is 0 Å². The largest absolute Gasteiger partial charge is 0.309 e. The average Bonchev–Trinajstić information content (AvgIpc) is 2.57. The number of hydrogen-bond acceptors (Lipinski definition) is 5. The first-order chi connectivity index (χ1) is 12.0. The molecule has 3 rings (SSSR count). The van der Waals surface area contributed by atoms with Crippen LogP contribution in [-0.4, -0.2) is 25.7 Å². The molecule has 0 aliphatic heterocycles. The van der Waals surface area contributed by atoms with Gasteiger partial charge in [0.05, 0.1) is 11.1 Å². The summed E-state index contributed by atoms with van der Waals surface area (Å²) in [6.07, 6.45) is 2.85. The van der Waals surface area contributed by atoms with Crippen LogP contribution in [0.3, 0.4) is 0 Å². The zero-order chi connectivity index (χ0) is 18.0. The molecule has 1 amide bonds. The molecule has 0 radical (unpaired) electrons. The quantitative estimate of drug-likeness (QED) is 0.775. The van der Waals surface area contributed by atoms with E-state index in [0.29, 0.717) is 27.3 Å². The fourth-order valence-electron chi connectivity index (χ4n) is 2.50. The van der Waals surface area contributed by atoms with Crippen LogP contribution in [0.2, 0.25) is 5.02 Å². The molecule has 0 bridgehead atoms. The van der Waals surface area contributed by atoms with Gasteiger partial charge in [-0.3, -0.25) is 9.59 Å². The minimum atomic E-state index is -0.392. The number of hydrogen-bond donors (Lipinski definition) is 1. The number of halogens is 1. The molecule has 7 nitrogen and oxygen atoms in total. The molecular weight excluding hydrogens is 342 g/mol. The molecule has 1 aromatic carbocycles. The predicted octanol–water partition coefficient (Wildman–Crippen LogP) is 2.60. The Hall–Kier alpha value is -2.80. The molecule has 25 heavy (non-hydrogen) atoms. The van der Waals surface area contributed by atoms with E-state index in [1.54, 1.807) is 24.3 Å². The zero-order valence-corrected chi connectivity index (χ0v) is 14.5. The van der Waals surface area contributed by atoms with E-state index < -0.39 is 5.91 Å². The van der Waals surface area contributed by atoms with Crippen LogP contribution in [0.1, 0.15) is 25.5 Å². The van der Waals surface area contributed by atoms with Crippen molar-refractivity contribution in [2.45, 2.75) is 26.3 Å². The molecule has 0 saturated carbocycles. The van der Waals surface area contributed by atoms with Gasteiger partial charge in [0.1, 0.15) is 18.7 Å². The molecule has 128 valence electrons. The fraction of sp³-hybridized carbons (Fsp3) is 0.235. The first-order valence-corrected chi connectivity index (χ1v) is 8.09. The summed E-state index contributed by atoms with van der Waals surface area (Å²) in [6.45, 7) is 3.73. The Labute approximate surface area is 148 Å². The van der Waals surface area contributed by atoms with E-state index in [9.17, 15) is 9.59 Å². The average molecular weight is 358 g/mol. The van der Waals surface area contributed by atoms with Crippen molar-refractivity contribution in [2.75, 3.05) is 5.32 Å². The Morgan fingerprint density at radius 2 is 2.08 bits per heavy atom. The maximum atomic E-state index is 12.7. The summed E-state index contributed by atoms with van der Waals surface area (Å²) in [4.78, 5) is 32.6. The monoisotopic (exact) mass is 357 g/mol. The third-order valence-corrected chi connectivity index (χ3v) is 3.88. The normalized spacial score (nSPS) is 11.0. The van der Waals surface area contributed by atoms with Crippen molar-refractivity contribution in [3.63, 3.8) is 0 Å². The number of rotatable bonds is 4. The van der Waals surface area contributed by atoms with Gasteiger partial charge in [-0.25, -0.2) is 14.6 Å². The highest BCUT2D eigenvalue weighted by Crippen LogP contribution is 2.24. The molecule has 0 aliphatic rings. The van der Waals surface area contributed by atoms with Crippen molar-refractivity contribution >= 4 is 34.1 Å². The fourth-order valence-corrected chi connectivity index (χ4v) is 2.67. The lowest BCUT2D eigenvalue weighted by molar-refractivity contribution is -0.117. The van der Waals surface area contributed by atoms with Gasteiger partial charge in [-0.1, -0.05) is 25.4 Å². The van der Waals surface area contributed by atoms with E-state index in [1.165, 1.54) is 17.2 Å². The third-order valence-electron chi connectivity index (χ3n) is 3.64. The molecule has 0 aliphatic carbocycles. The number of benzene rings is 1. The number of nitrogens with one attached hydrogen (secondary N) is 1. The standard InChI is InChI=1S/C17H16ClN5O2/c1-10(2)16-13-7-11(18)3-4-12(13)17(25)23(22-16)8-15(24)21-14-5-6-19-9-20-14/h3-7,9-10H,8H2,1-2H3,(H,19,20,21,24). The number of amides is 1. The van der Waals surface area contributed by atoms with Crippen molar-refractivity contribution in [3.8, 4) is 0 Å². The van der Waals surface area contributed by atoms with Gasteiger partial charge < -0.3 is 5.32 Å². The van der Waals surface area contributed by atoms with Gasteiger partial charge in [-0.05, 0) is 30.2 Å². The van der Waals surface area contributed by atoms with Crippen LogP contribution in [0.4, 0.5) is 5.82 Å². The first-order valence-electron chi connectivity index (χ1n) is 7.72. The highest BCUT2D eigenvalue weighted by Gasteiger charge is 2.15. The van der Waals surface area contributed by atoms with E-state index in [4.69, 9.17) is 11.6 Å². The summed E-state index contributed by atoms with van der Waals surface area (Å²) in [5.41, 5.74) is 0.376. The maximum absolute atomic E-state index is 12.7. The van der Waals surface area contributed by atoms with Gasteiger partial charge in [-0.2, -0.15) is 5.10 Å². The van der Waals surface area contributed by atoms with E-state index in [1.807, 2.05) is 13.8 Å². The van der Waals surface area contributed by atoms with Crippen molar-refractivity contribution in [3.05, 3.63) is 57.9 Å². The highest BCUT2D eigenvalue weighted by molar-refractivity contribution is 6.31. The Balaban J connectivity index is 1.99. The first kappa shape index (κ1) is 17.0. The van der Waals surface area contributed by atoms with Crippen LogP contribution in [-0.2, 0) is 11.3 Å². The number of fused-ring (bicyclic) bond motifs is 1. The Morgan fingerprint density at radius 1 is 1.28 bits per heavy atom. The summed E-state index contributed by atoms with van der Waals surface area (Å²) >= 11 is 6.05. The summed E-state index contributed by atoms with van der Waals surface area (Å²) in [6, 6.07) is 6.61. The molecule has 2 heterocycles. The van der Waals surface area contributed by atoms with Crippen molar-refractivity contribution in [1.82, 2.24) is 19.7 Å². The lowest BCUT2D eigenvalue weighted by atomic mass is 10.0. The van der Waals surface area contributed by atoms with Crippen molar-refractivity contribution in [1.29, 1.82) is 0 Å². The third kappa shape index (κ3) is 3.66. The highest BCUT2D eigenvalue weighted by atomic mass is 35.5. The summed E-state index contributed by atoms with van der Waals surface area (Å²) in [5, 5.41) is 8.72. The van der Waals surface area contributed by atoms with Gasteiger partial charge in [0.2, 0.25) is 5.91 Å². The second-order valence-electron chi connectivity index (χ2n) is 5.84. The van der Waals surface area contributed by atoms with Gasteiger partial charge in [0, 0.05) is 16.6 Å². The number of carbonyl (C=O) groups excluding carboxylic acids is 1. The minimum Gasteiger partial charge on any atom is -0.309 e. The molecule has 2 aromatic heterocycles. The maximum Gasteiger partial charge on any atom is 0.275 e. The molecule has 0 atom stereocenters. The topological polar surface area (TPSA) is 89.8 Å². The smallest absolute Gasteiger partial charge is 0.275 e. The number of aromatic nitrogens is 4. The van der Waals surface area contributed by atoms with E-state index in [-0.39, 0.29) is 18.0 Å². The van der Waals surface area contributed by atoms with E-state index in [2.05, 4.69) is 20.4 Å². The van der Waals surface area contributed by atoms with Crippen LogP contribution in [0.15, 0.2) is 41.6 Å². The molecule has 1 N–H and O–H groups in total. The SMILES string of the molecule is CC(C)c1nn(CC(=O)Nc2ccncn2)c(=O)c2ccc(Cl)cc12. The lowest BCUT2D eigenvalue weighted by Crippen LogP contribution is -2.31. The lowest BCUT2D eigenvalue weighted by Gasteiger charge is -2.13. The summed E-state index contributed by atoms with van der Waals surface area (Å²) < 4.78 is 1.17. The van der Waals surface area contributed by atoms with Crippen molar-refractivity contribution in [2.24, 2.45) is 0 Å². The molecule has 0 spiro atoms. The van der Waals surface area contributed by atoms with Gasteiger partial charge in [0.15, 0.2) is 0 Å². The number of nitrogens with zero attached hydrogens (tertiary/aromatic N) is 4.